The molecule has 0 fully saturated rings. The number of hydrogen-bond acceptors (Lipinski definition) is 2. The van der Waals surface area contributed by atoms with E-state index in [0.717, 1.165) is 23.8 Å². The molecule has 4 rings (SSSR count). The van der Waals surface area contributed by atoms with Crippen molar-refractivity contribution in [3.63, 3.8) is 0 Å². The lowest BCUT2D eigenvalue weighted by Crippen LogP contribution is -2.09. The number of H-pyrrole nitrogens is 1. The first-order valence-electron chi connectivity index (χ1n) is 8.73. The van der Waals surface area contributed by atoms with Crippen LogP contribution in [0.2, 0.25) is 0 Å². The van der Waals surface area contributed by atoms with Crippen molar-refractivity contribution >= 4 is 44.3 Å². The molecule has 26 heavy (non-hydrogen) atoms. The van der Waals surface area contributed by atoms with E-state index in [1.807, 2.05) is 0 Å². The number of aromatic nitrogens is 1. The summed E-state index contributed by atoms with van der Waals surface area (Å²) in [5, 5.41) is 8.18. The molecule has 3 aromatic carbocycles. The molecule has 2 N–H and O–H groups in total. The van der Waals surface area contributed by atoms with Gasteiger partial charge >= 0.3 is 0 Å². The van der Waals surface area contributed by atoms with Gasteiger partial charge in [0.15, 0.2) is 5.17 Å². The van der Waals surface area contributed by atoms with Crippen molar-refractivity contribution < 1.29 is 0 Å². The van der Waals surface area contributed by atoms with Gasteiger partial charge in [0.25, 0.3) is 0 Å². The summed E-state index contributed by atoms with van der Waals surface area (Å²) in [6.07, 6.45) is 5.07. The Morgan fingerprint density at radius 3 is 2.62 bits per heavy atom. The molecule has 0 saturated carbocycles. The fourth-order valence-electron chi connectivity index (χ4n) is 3.22. The van der Waals surface area contributed by atoms with E-state index < -0.39 is 0 Å². The maximum absolute atomic E-state index is 4.78. The highest BCUT2D eigenvalue weighted by Crippen LogP contribution is 2.24. The quantitative estimate of drug-likeness (QED) is 0.363. The van der Waals surface area contributed by atoms with Gasteiger partial charge in [-0.05, 0) is 35.8 Å². The Labute approximate surface area is 157 Å². The monoisotopic (exact) mass is 359 g/mol. The van der Waals surface area contributed by atoms with Gasteiger partial charge in [0.05, 0.1) is 0 Å². The van der Waals surface area contributed by atoms with Crippen LogP contribution in [0.1, 0.15) is 5.56 Å². The molecule has 4 aromatic rings. The van der Waals surface area contributed by atoms with Gasteiger partial charge < -0.3 is 10.3 Å². The highest BCUT2D eigenvalue weighted by molar-refractivity contribution is 8.13. The van der Waals surface area contributed by atoms with E-state index in [1.54, 1.807) is 11.8 Å². The number of amidine groups is 1. The van der Waals surface area contributed by atoms with Gasteiger partial charge in [-0.25, -0.2) is 0 Å². The van der Waals surface area contributed by atoms with Crippen molar-refractivity contribution in [2.45, 2.75) is 6.42 Å². The van der Waals surface area contributed by atoms with Crippen LogP contribution in [0.4, 0.5) is 5.69 Å². The van der Waals surface area contributed by atoms with E-state index in [1.165, 1.54) is 27.2 Å². The van der Waals surface area contributed by atoms with Crippen molar-refractivity contribution in [1.82, 2.24) is 4.98 Å². The summed E-state index contributed by atoms with van der Waals surface area (Å²) in [6, 6.07) is 23.1. The topological polar surface area (TPSA) is 40.2 Å². The zero-order valence-electron chi connectivity index (χ0n) is 14.7. The summed E-state index contributed by atoms with van der Waals surface area (Å²) in [6.45, 7) is 0.760. The number of thioether (sulfide) groups is 1. The zero-order chi connectivity index (χ0) is 17.8. The van der Waals surface area contributed by atoms with Gasteiger partial charge in [0, 0.05) is 34.7 Å². The van der Waals surface area contributed by atoms with Gasteiger partial charge in [-0.1, -0.05) is 66.4 Å². The number of benzene rings is 3. The first-order chi connectivity index (χ1) is 12.8. The Kier molecular flexibility index (Phi) is 4.93. The van der Waals surface area contributed by atoms with Crippen LogP contribution < -0.4 is 5.32 Å². The SMILES string of the molecule is CSC(=NCCc1c[nH]c2ccccc12)Nc1cccc2ccccc12. The first-order valence-corrected chi connectivity index (χ1v) is 9.96. The van der Waals surface area contributed by atoms with Crippen LogP contribution in [0, 0.1) is 0 Å². The van der Waals surface area contributed by atoms with Crippen LogP contribution in [-0.4, -0.2) is 23.0 Å². The summed E-state index contributed by atoms with van der Waals surface area (Å²) in [7, 11) is 0. The van der Waals surface area contributed by atoms with Crippen LogP contribution in [-0.2, 0) is 6.42 Å². The van der Waals surface area contributed by atoms with Gasteiger partial charge in [0.2, 0.25) is 0 Å². The highest BCUT2D eigenvalue weighted by atomic mass is 32.2. The molecular formula is C22H21N3S. The normalized spacial score (nSPS) is 12.0. The molecular weight excluding hydrogens is 338 g/mol. The van der Waals surface area contributed by atoms with Gasteiger partial charge in [-0.2, -0.15) is 0 Å². The van der Waals surface area contributed by atoms with E-state index >= 15 is 0 Å². The molecule has 0 amide bonds. The number of fused-ring (bicyclic) bond motifs is 2. The van der Waals surface area contributed by atoms with Gasteiger partial charge in [-0.3, -0.25) is 4.99 Å². The summed E-state index contributed by atoms with van der Waals surface area (Å²) in [5.41, 5.74) is 3.60. The number of aliphatic imine (C=N–C) groups is 1. The van der Waals surface area contributed by atoms with Crippen LogP contribution in [0.15, 0.2) is 77.9 Å². The molecule has 4 heteroatoms. The van der Waals surface area contributed by atoms with Crippen molar-refractivity contribution in [3.8, 4) is 0 Å². The third-order valence-corrected chi connectivity index (χ3v) is 5.15. The zero-order valence-corrected chi connectivity index (χ0v) is 15.5. The van der Waals surface area contributed by atoms with Gasteiger partial charge in [0.1, 0.15) is 0 Å². The van der Waals surface area contributed by atoms with E-state index in [2.05, 4.69) is 89.5 Å². The minimum absolute atomic E-state index is 0.760. The molecule has 0 bridgehead atoms. The predicted molar refractivity (Wildman–Crippen MR) is 115 cm³/mol. The Bertz CT molecular complexity index is 1060. The van der Waals surface area contributed by atoms with Crippen molar-refractivity contribution in [1.29, 1.82) is 0 Å². The Balaban J connectivity index is 1.50. The number of aromatic amines is 1. The van der Waals surface area contributed by atoms with Crippen molar-refractivity contribution in [2.24, 2.45) is 4.99 Å². The van der Waals surface area contributed by atoms with Crippen LogP contribution in [0.3, 0.4) is 0 Å². The van der Waals surface area contributed by atoms with Crippen molar-refractivity contribution in [3.05, 3.63) is 78.5 Å². The number of hydrogen-bond donors (Lipinski definition) is 2. The molecule has 0 aliphatic rings. The lowest BCUT2D eigenvalue weighted by molar-refractivity contribution is 0.979. The molecule has 0 atom stereocenters. The Hall–Kier alpha value is -2.72. The number of anilines is 1. The Morgan fingerprint density at radius 2 is 1.73 bits per heavy atom. The molecule has 130 valence electrons. The fourth-order valence-corrected chi connectivity index (χ4v) is 3.65. The third kappa shape index (κ3) is 3.46. The van der Waals surface area contributed by atoms with Gasteiger partial charge in [-0.15, -0.1) is 0 Å². The predicted octanol–water partition coefficient (Wildman–Crippen LogP) is 5.69. The van der Waals surface area contributed by atoms with E-state index in [4.69, 9.17) is 4.99 Å². The average molecular weight is 359 g/mol. The Morgan fingerprint density at radius 1 is 0.962 bits per heavy atom. The third-order valence-electron chi connectivity index (χ3n) is 4.54. The molecule has 0 aliphatic carbocycles. The minimum atomic E-state index is 0.760. The average Bonchev–Trinajstić information content (AvgIpc) is 3.10. The second-order valence-corrected chi connectivity index (χ2v) is 6.95. The molecule has 0 aliphatic heterocycles. The van der Waals surface area contributed by atoms with E-state index in [0.29, 0.717) is 0 Å². The standard InChI is InChI=1S/C22H21N3S/c1-26-22(25-21-12-6-8-16-7-2-3-9-18(16)21)23-14-13-17-15-24-20-11-5-4-10-19(17)20/h2-12,15,24H,13-14H2,1H3,(H,23,25). The molecule has 0 saturated heterocycles. The number of rotatable bonds is 4. The van der Waals surface area contributed by atoms with Crippen LogP contribution in [0.25, 0.3) is 21.7 Å². The van der Waals surface area contributed by atoms with Crippen LogP contribution >= 0.6 is 11.8 Å². The smallest absolute Gasteiger partial charge is 0.160 e. The maximum atomic E-state index is 4.78. The lowest BCUT2D eigenvalue weighted by Gasteiger charge is -2.10. The lowest BCUT2D eigenvalue weighted by atomic mass is 10.1. The second kappa shape index (κ2) is 7.67. The van der Waals surface area contributed by atoms with Crippen LogP contribution in [0.5, 0.6) is 0 Å². The molecule has 1 heterocycles. The van der Waals surface area contributed by atoms with E-state index in [9.17, 15) is 0 Å². The molecule has 1 aromatic heterocycles. The minimum Gasteiger partial charge on any atom is -0.361 e. The summed E-state index contributed by atoms with van der Waals surface area (Å²) < 4.78 is 0. The van der Waals surface area contributed by atoms with E-state index in [-0.39, 0.29) is 0 Å². The maximum Gasteiger partial charge on any atom is 0.160 e. The fraction of sp³-hybridized carbons (Fsp3) is 0.136. The summed E-state index contributed by atoms with van der Waals surface area (Å²) in [4.78, 5) is 8.11. The molecule has 0 radical (unpaired) electrons. The summed E-state index contributed by atoms with van der Waals surface area (Å²) in [5.74, 6) is 0. The highest BCUT2D eigenvalue weighted by Gasteiger charge is 2.05. The first kappa shape index (κ1) is 16.7. The second-order valence-electron chi connectivity index (χ2n) is 6.15. The number of nitrogens with one attached hydrogen (secondary N) is 2. The molecule has 3 nitrogen and oxygen atoms in total. The van der Waals surface area contributed by atoms with Crippen molar-refractivity contribution in [2.75, 3.05) is 18.1 Å². The number of nitrogens with zero attached hydrogens (tertiary/aromatic N) is 1. The largest absolute Gasteiger partial charge is 0.361 e. The summed E-state index contributed by atoms with van der Waals surface area (Å²) >= 11 is 1.65. The number of para-hydroxylation sites is 1. The molecule has 0 unspecified atom stereocenters. The molecule has 0 spiro atoms.